The van der Waals surface area contributed by atoms with Gasteiger partial charge in [0.25, 0.3) is 21.6 Å². The number of rotatable bonds is 15. The largest absolute Gasteiger partial charge is 0.456 e. The maximum atomic E-state index is 13.8. The highest BCUT2D eigenvalue weighted by atomic mass is 35.5. The number of benzene rings is 5. The van der Waals surface area contributed by atoms with Crippen LogP contribution >= 0.6 is 11.6 Å². The average molecular weight is 813 g/mol. The zero-order valence-corrected chi connectivity index (χ0v) is 33.5. The highest BCUT2D eigenvalue weighted by molar-refractivity contribution is 7.90. The van der Waals surface area contributed by atoms with Crippen molar-refractivity contribution < 1.29 is 28.0 Å². The van der Waals surface area contributed by atoms with E-state index in [1.165, 1.54) is 23.8 Å². The van der Waals surface area contributed by atoms with Gasteiger partial charge >= 0.3 is 0 Å². The molecule has 6 rings (SSSR count). The Kier molecular flexibility index (Phi) is 13.1. The van der Waals surface area contributed by atoms with E-state index < -0.39 is 31.4 Å². The number of anilines is 2. The number of nitrogens with one attached hydrogen (secondary N) is 2. The van der Waals surface area contributed by atoms with Gasteiger partial charge in [-0.05, 0) is 91.3 Å². The second kappa shape index (κ2) is 18.2. The molecule has 3 N–H and O–H groups in total. The molecule has 1 heterocycles. The number of nitrogens with zero attached hydrogens (tertiary/aromatic N) is 4. The molecule has 1 fully saturated rings. The number of aliphatic hydroxyl groups is 1. The molecule has 0 bridgehead atoms. The number of piperazine rings is 1. The molecule has 15 heteroatoms. The van der Waals surface area contributed by atoms with Crippen LogP contribution in [-0.4, -0.2) is 80.6 Å². The van der Waals surface area contributed by atoms with Gasteiger partial charge in [0.1, 0.15) is 17.2 Å². The van der Waals surface area contributed by atoms with E-state index in [1.54, 1.807) is 36.4 Å². The smallest absolute Gasteiger partial charge is 0.293 e. The van der Waals surface area contributed by atoms with E-state index in [2.05, 4.69) is 32.0 Å². The molecule has 5 aromatic rings. The molecule has 0 spiro atoms. The van der Waals surface area contributed by atoms with Crippen molar-refractivity contribution in [1.82, 2.24) is 14.5 Å². The van der Waals surface area contributed by atoms with E-state index in [0.29, 0.717) is 35.8 Å². The van der Waals surface area contributed by atoms with Crippen LogP contribution in [0.1, 0.15) is 34.8 Å². The zero-order valence-electron chi connectivity index (χ0n) is 31.9. The normalized spacial score (nSPS) is 14.0. The van der Waals surface area contributed by atoms with Gasteiger partial charge < -0.3 is 20.1 Å². The van der Waals surface area contributed by atoms with Gasteiger partial charge in [-0.15, -0.1) is 0 Å². The number of hydrogen-bond donors (Lipinski definition) is 3. The molecule has 1 amide bonds. The number of carbonyl (C=O) groups excluding carboxylic acids is 1. The SMILES string of the molecule is CCC(Nc1ccc(S(=O)(=O)NC(=O)c2ccc(N3CCN(Cc4ccccc4-c4ccc(Cl)cc4)CC3)cc2Oc2cccc(CO)c2)cc1[N+](=O)[O-])N(C)C. The lowest BCUT2D eigenvalue weighted by atomic mass is 9.99. The Morgan fingerprint density at radius 2 is 1.68 bits per heavy atom. The number of sulfonamides is 1. The first-order chi connectivity index (χ1) is 27.3. The minimum absolute atomic E-state index is 0.0706. The number of nitro benzene ring substituents is 1. The predicted molar refractivity (Wildman–Crippen MR) is 222 cm³/mol. The minimum atomic E-state index is -4.57. The predicted octanol–water partition coefficient (Wildman–Crippen LogP) is 7.35. The lowest BCUT2D eigenvalue weighted by Gasteiger charge is -2.36. The van der Waals surface area contributed by atoms with Crippen LogP contribution in [0.25, 0.3) is 11.1 Å². The summed E-state index contributed by atoms with van der Waals surface area (Å²) in [5, 5.41) is 25.5. The van der Waals surface area contributed by atoms with Gasteiger partial charge in [-0.25, -0.2) is 13.1 Å². The monoisotopic (exact) mass is 812 g/mol. The van der Waals surface area contributed by atoms with Crippen LogP contribution < -0.4 is 19.7 Å². The molecule has 1 aliphatic rings. The van der Waals surface area contributed by atoms with Crippen LogP contribution in [0, 0.1) is 10.1 Å². The van der Waals surface area contributed by atoms with Crippen LogP contribution in [0.5, 0.6) is 11.5 Å². The molecule has 1 unspecified atom stereocenters. The molecule has 5 aromatic carbocycles. The van der Waals surface area contributed by atoms with Crippen molar-refractivity contribution in [3.05, 3.63) is 141 Å². The standard InChI is InChI=1S/C42H45ClN6O7S/c1-4-41(46(2)3)44-38-19-17-35(26-39(38)49(52)53)57(54,55)45-42(51)37-18-16-33(25-40(37)56-34-10-7-8-29(24-34)28-50)48-22-20-47(21-23-48)27-31-9-5-6-11-36(31)30-12-14-32(43)15-13-30/h5-19,24-26,41,44,50H,4,20-23,27-28H2,1-3H3,(H,45,51). The third-order valence-corrected chi connectivity index (χ3v) is 11.4. The first-order valence-corrected chi connectivity index (χ1v) is 20.3. The maximum absolute atomic E-state index is 13.8. The van der Waals surface area contributed by atoms with Crippen molar-refractivity contribution in [3.63, 3.8) is 0 Å². The lowest BCUT2D eigenvalue weighted by Crippen LogP contribution is -2.46. The summed E-state index contributed by atoms with van der Waals surface area (Å²) in [6.07, 6.45) is 0.391. The third kappa shape index (κ3) is 10.1. The summed E-state index contributed by atoms with van der Waals surface area (Å²) < 4.78 is 35.4. The number of hydrogen-bond acceptors (Lipinski definition) is 11. The summed E-state index contributed by atoms with van der Waals surface area (Å²) in [6.45, 7) is 5.33. The molecule has 0 aromatic heterocycles. The molecule has 1 atom stereocenters. The van der Waals surface area contributed by atoms with Crippen LogP contribution in [0.2, 0.25) is 5.02 Å². The molecular weight excluding hydrogens is 768 g/mol. The second-order valence-corrected chi connectivity index (χ2v) is 16.0. The number of carbonyl (C=O) groups is 1. The van der Waals surface area contributed by atoms with Gasteiger partial charge in [0.15, 0.2) is 0 Å². The highest BCUT2D eigenvalue weighted by Gasteiger charge is 2.27. The third-order valence-electron chi connectivity index (χ3n) is 9.86. The molecular formula is C42H45ClN6O7S. The molecule has 1 saturated heterocycles. The molecule has 0 aliphatic carbocycles. The topological polar surface area (TPSA) is 158 Å². The Morgan fingerprint density at radius 1 is 0.947 bits per heavy atom. The number of nitro groups is 1. The van der Waals surface area contributed by atoms with Crippen molar-refractivity contribution in [1.29, 1.82) is 0 Å². The fraction of sp³-hybridized carbons (Fsp3) is 0.262. The first kappa shape index (κ1) is 41.1. The Bertz CT molecular complexity index is 2330. The summed E-state index contributed by atoms with van der Waals surface area (Å²) in [4.78, 5) is 31.1. The number of aliphatic hydroxyl groups excluding tert-OH is 1. The average Bonchev–Trinajstić information content (AvgIpc) is 3.20. The fourth-order valence-electron chi connectivity index (χ4n) is 6.75. The minimum Gasteiger partial charge on any atom is -0.456 e. The summed E-state index contributed by atoms with van der Waals surface area (Å²) in [7, 11) is -0.928. The van der Waals surface area contributed by atoms with Crippen molar-refractivity contribution in [3.8, 4) is 22.6 Å². The highest BCUT2D eigenvalue weighted by Crippen LogP contribution is 2.33. The van der Waals surface area contributed by atoms with Crippen molar-refractivity contribution in [2.75, 3.05) is 50.5 Å². The molecule has 0 radical (unpaired) electrons. The van der Waals surface area contributed by atoms with Crippen molar-refractivity contribution in [2.45, 2.75) is 37.6 Å². The molecule has 13 nitrogen and oxygen atoms in total. The van der Waals surface area contributed by atoms with E-state index in [1.807, 2.05) is 62.3 Å². The van der Waals surface area contributed by atoms with E-state index in [4.69, 9.17) is 16.3 Å². The van der Waals surface area contributed by atoms with E-state index in [0.717, 1.165) is 42.5 Å². The van der Waals surface area contributed by atoms with Gasteiger partial charge in [-0.3, -0.25) is 24.7 Å². The molecule has 298 valence electrons. The summed E-state index contributed by atoms with van der Waals surface area (Å²) in [5.41, 5.74) is 4.43. The maximum Gasteiger partial charge on any atom is 0.293 e. The number of amides is 1. The fourth-order valence-corrected chi connectivity index (χ4v) is 7.86. The Morgan fingerprint density at radius 3 is 2.37 bits per heavy atom. The van der Waals surface area contributed by atoms with Gasteiger partial charge in [0.2, 0.25) is 0 Å². The van der Waals surface area contributed by atoms with E-state index >= 15 is 0 Å². The second-order valence-electron chi connectivity index (χ2n) is 13.9. The first-order valence-electron chi connectivity index (χ1n) is 18.5. The van der Waals surface area contributed by atoms with Crippen LogP contribution in [0.4, 0.5) is 17.1 Å². The summed E-state index contributed by atoms with van der Waals surface area (Å²) >= 11 is 6.14. The Labute approximate surface area is 337 Å². The lowest BCUT2D eigenvalue weighted by molar-refractivity contribution is -0.384. The van der Waals surface area contributed by atoms with E-state index in [-0.39, 0.29) is 29.8 Å². The van der Waals surface area contributed by atoms with Gasteiger partial charge in [0.05, 0.1) is 28.2 Å². The summed E-state index contributed by atoms with van der Waals surface area (Å²) in [6, 6.07) is 31.2. The van der Waals surface area contributed by atoms with Crippen molar-refractivity contribution >= 4 is 44.6 Å². The molecule has 57 heavy (non-hydrogen) atoms. The van der Waals surface area contributed by atoms with Crippen LogP contribution in [0.15, 0.2) is 114 Å². The van der Waals surface area contributed by atoms with Gasteiger partial charge in [-0.1, -0.05) is 67.1 Å². The number of ether oxygens (including phenoxy) is 1. The van der Waals surface area contributed by atoms with Gasteiger partial charge in [-0.2, -0.15) is 0 Å². The molecule has 1 aliphatic heterocycles. The Balaban J connectivity index is 1.22. The molecule has 0 saturated carbocycles. The number of halogens is 1. The van der Waals surface area contributed by atoms with Crippen molar-refractivity contribution in [2.24, 2.45) is 0 Å². The quantitative estimate of drug-likeness (QED) is 0.0552. The van der Waals surface area contributed by atoms with Crippen LogP contribution in [0.3, 0.4) is 0 Å². The van der Waals surface area contributed by atoms with Crippen LogP contribution in [-0.2, 0) is 23.2 Å². The van der Waals surface area contributed by atoms with Gasteiger partial charge in [0, 0.05) is 55.6 Å². The summed E-state index contributed by atoms with van der Waals surface area (Å²) in [5.74, 6) is -0.557. The Hall–Kier alpha value is -5.51. The van der Waals surface area contributed by atoms with E-state index in [9.17, 15) is 28.4 Å². The zero-order chi connectivity index (χ0) is 40.7.